The largest absolute Gasteiger partial charge is 0.327 e. The Morgan fingerprint density at radius 3 is 2.75 bits per heavy atom. The smallest absolute Gasteiger partial charge is 0.214 e. The molecule has 0 aromatic rings. The van der Waals surface area contributed by atoms with Gasteiger partial charge in [0.2, 0.25) is 10.0 Å². The number of sulfonamides is 1. The minimum absolute atomic E-state index is 0.141. The van der Waals surface area contributed by atoms with E-state index in [0.717, 1.165) is 38.6 Å². The molecular weight excluding hydrogens is 274 g/mol. The summed E-state index contributed by atoms with van der Waals surface area (Å²) in [6, 6.07) is 0.833. The van der Waals surface area contributed by atoms with Crippen molar-refractivity contribution in [3.05, 3.63) is 0 Å². The molecule has 0 spiro atoms. The first-order valence-electron chi connectivity index (χ1n) is 8.05. The monoisotopic (exact) mass is 301 g/mol. The van der Waals surface area contributed by atoms with E-state index < -0.39 is 10.0 Å². The molecule has 5 atom stereocenters. The third-order valence-corrected chi connectivity index (χ3v) is 7.32. The van der Waals surface area contributed by atoms with Crippen molar-refractivity contribution >= 4 is 10.0 Å². The molecule has 3 fully saturated rings. The molecule has 3 rings (SSSR count). The van der Waals surface area contributed by atoms with Crippen molar-refractivity contribution in [3.8, 4) is 0 Å². The van der Waals surface area contributed by atoms with E-state index in [4.69, 9.17) is 5.73 Å². The van der Waals surface area contributed by atoms with Crippen LogP contribution in [0.3, 0.4) is 0 Å². The van der Waals surface area contributed by atoms with Crippen molar-refractivity contribution in [3.63, 3.8) is 0 Å². The molecule has 20 heavy (non-hydrogen) atoms. The molecule has 2 aliphatic heterocycles. The molecule has 5 unspecified atom stereocenters. The number of fused-ring (bicyclic) bond motifs is 2. The summed E-state index contributed by atoms with van der Waals surface area (Å²) in [5, 5.41) is 3.53. The predicted octanol–water partition coefficient (Wildman–Crippen LogP) is 0.660. The van der Waals surface area contributed by atoms with Gasteiger partial charge in [0, 0.05) is 31.2 Å². The fourth-order valence-corrected chi connectivity index (χ4v) is 5.88. The minimum Gasteiger partial charge on any atom is -0.327 e. The van der Waals surface area contributed by atoms with Crippen molar-refractivity contribution in [1.82, 2.24) is 9.62 Å². The Kier molecular flexibility index (Phi) is 4.36. The van der Waals surface area contributed by atoms with Crippen LogP contribution >= 0.6 is 0 Å². The Morgan fingerprint density at radius 2 is 2.00 bits per heavy atom. The van der Waals surface area contributed by atoms with E-state index >= 15 is 0 Å². The molecule has 1 saturated carbocycles. The molecule has 2 saturated heterocycles. The maximum Gasteiger partial charge on any atom is 0.214 e. The Labute approximate surface area is 122 Å². The van der Waals surface area contributed by atoms with Crippen LogP contribution in [0, 0.1) is 5.92 Å². The summed E-state index contributed by atoms with van der Waals surface area (Å²) in [4.78, 5) is 0. The summed E-state index contributed by atoms with van der Waals surface area (Å²) in [7, 11) is -3.04. The fraction of sp³-hybridized carbons (Fsp3) is 1.00. The Balaban J connectivity index is 1.63. The first kappa shape index (κ1) is 14.8. The molecule has 6 heteroatoms. The molecule has 116 valence electrons. The van der Waals surface area contributed by atoms with E-state index in [9.17, 15) is 8.42 Å². The van der Waals surface area contributed by atoms with Gasteiger partial charge < -0.3 is 11.1 Å². The van der Waals surface area contributed by atoms with Gasteiger partial charge in [0.25, 0.3) is 0 Å². The van der Waals surface area contributed by atoms with E-state index in [1.165, 1.54) is 12.8 Å². The van der Waals surface area contributed by atoms with E-state index in [1.54, 1.807) is 4.31 Å². The summed E-state index contributed by atoms with van der Waals surface area (Å²) in [5.74, 6) is 0.923. The van der Waals surface area contributed by atoms with Crippen LogP contribution in [0.15, 0.2) is 0 Å². The number of hydrogen-bond donors (Lipinski definition) is 2. The van der Waals surface area contributed by atoms with Gasteiger partial charge >= 0.3 is 0 Å². The number of nitrogens with two attached hydrogens (primary N) is 1. The number of hydrogen-bond acceptors (Lipinski definition) is 4. The maximum absolute atomic E-state index is 12.4. The highest BCUT2D eigenvalue weighted by Gasteiger charge is 2.38. The second-order valence-electron chi connectivity index (χ2n) is 6.72. The quantitative estimate of drug-likeness (QED) is 0.803. The minimum atomic E-state index is -3.04. The Bertz CT molecular complexity index is 440. The highest BCUT2D eigenvalue weighted by molar-refractivity contribution is 7.89. The second-order valence-corrected chi connectivity index (χ2v) is 8.76. The van der Waals surface area contributed by atoms with Crippen molar-refractivity contribution < 1.29 is 8.42 Å². The molecule has 3 aliphatic rings. The van der Waals surface area contributed by atoms with Crippen LogP contribution in [0.25, 0.3) is 0 Å². The average Bonchev–Trinajstić information content (AvgIpc) is 2.77. The van der Waals surface area contributed by atoms with E-state index in [1.807, 2.05) is 0 Å². The maximum atomic E-state index is 12.4. The van der Waals surface area contributed by atoms with Gasteiger partial charge in [-0.3, -0.25) is 0 Å². The van der Waals surface area contributed by atoms with Crippen LogP contribution in [0.1, 0.15) is 44.9 Å². The second kappa shape index (κ2) is 5.91. The lowest BCUT2D eigenvalue weighted by Gasteiger charge is -2.38. The summed E-state index contributed by atoms with van der Waals surface area (Å²) in [6.07, 6.45) is 7.39. The van der Waals surface area contributed by atoms with Gasteiger partial charge in [-0.2, -0.15) is 4.31 Å². The molecular formula is C14H27N3O2S. The molecule has 3 N–H and O–H groups in total. The topological polar surface area (TPSA) is 75.4 Å². The fourth-order valence-electron chi connectivity index (χ4n) is 4.08. The molecule has 0 aromatic heterocycles. The molecule has 0 radical (unpaired) electrons. The first-order chi connectivity index (χ1) is 9.56. The highest BCUT2D eigenvalue weighted by atomic mass is 32.2. The van der Waals surface area contributed by atoms with Crippen molar-refractivity contribution in [1.29, 1.82) is 0 Å². The molecule has 2 bridgehead atoms. The van der Waals surface area contributed by atoms with Gasteiger partial charge in [0.15, 0.2) is 0 Å². The van der Waals surface area contributed by atoms with Crippen molar-refractivity contribution in [2.45, 2.75) is 63.1 Å². The molecule has 5 nitrogen and oxygen atoms in total. The van der Waals surface area contributed by atoms with Gasteiger partial charge in [-0.1, -0.05) is 6.42 Å². The van der Waals surface area contributed by atoms with Crippen LogP contribution in [0.2, 0.25) is 0 Å². The zero-order valence-electron chi connectivity index (χ0n) is 12.1. The highest BCUT2D eigenvalue weighted by Crippen LogP contribution is 2.30. The number of rotatable bonds is 3. The standard InChI is InChI=1S/C14H27N3O2S/c15-14-5-1-3-11(14)6-7-13-9-16-12-4-2-8-20(18,19)17(13)10-12/h11-14,16H,1-10,15H2. The van der Waals surface area contributed by atoms with Gasteiger partial charge in [-0.15, -0.1) is 0 Å². The summed E-state index contributed by atoms with van der Waals surface area (Å²) in [6.45, 7) is 1.48. The van der Waals surface area contributed by atoms with E-state index in [2.05, 4.69) is 5.32 Å². The van der Waals surface area contributed by atoms with Crippen LogP contribution in [-0.4, -0.2) is 49.7 Å². The van der Waals surface area contributed by atoms with E-state index in [0.29, 0.717) is 30.3 Å². The molecule has 2 heterocycles. The van der Waals surface area contributed by atoms with Gasteiger partial charge in [0.05, 0.1) is 5.75 Å². The normalized spacial score (nSPS) is 44.1. The summed E-state index contributed by atoms with van der Waals surface area (Å²) >= 11 is 0. The number of nitrogens with zero attached hydrogens (tertiary/aromatic N) is 1. The van der Waals surface area contributed by atoms with Crippen LogP contribution < -0.4 is 11.1 Å². The lowest BCUT2D eigenvalue weighted by Crippen LogP contribution is -2.57. The summed E-state index contributed by atoms with van der Waals surface area (Å²) < 4.78 is 26.5. The zero-order chi connectivity index (χ0) is 14.2. The van der Waals surface area contributed by atoms with Crippen molar-refractivity contribution in [2.75, 3.05) is 18.8 Å². The first-order valence-corrected chi connectivity index (χ1v) is 9.65. The predicted molar refractivity (Wildman–Crippen MR) is 79.9 cm³/mol. The third kappa shape index (κ3) is 3.03. The average molecular weight is 301 g/mol. The molecule has 0 amide bonds. The lowest BCUT2D eigenvalue weighted by atomic mass is 9.94. The number of piperazine rings is 1. The van der Waals surface area contributed by atoms with Crippen molar-refractivity contribution in [2.24, 2.45) is 11.7 Å². The number of nitrogens with one attached hydrogen (secondary N) is 1. The van der Waals surface area contributed by atoms with Crippen LogP contribution in [-0.2, 0) is 10.0 Å². The van der Waals surface area contributed by atoms with E-state index in [-0.39, 0.29) is 6.04 Å². The zero-order valence-corrected chi connectivity index (χ0v) is 12.9. The lowest BCUT2D eigenvalue weighted by molar-refractivity contribution is 0.205. The Morgan fingerprint density at radius 1 is 1.15 bits per heavy atom. The molecule has 1 aliphatic carbocycles. The van der Waals surface area contributed by atoms with Gasteiger partial charge in [-0.25, -0.2) is 8.42 Å². The summed E-state index contributed by atoms with van der Waals surface area (Å²) in [5.41, 5.74) is 6.13. The van der Waals surface area contributed by atoms with Crippen LogP contribution in [0.4, 0.5) is 0 Å². The van der Waals surface area contributed by atoms with Gasteiger partial charge in [-0.05, 0) is 44.4 Å². The Hall–Kier alpha value is -0.170. The van der Waals surface area contributed by atoms with Gasteiger partial charge in [0.1, 0.15) is 0 Å². The molecule has 0 aromatic carbocycles. The SMILES string of the molecule is NC1CCCC1CCC1CNC2CCCS(=O)(=O)N1C2. The third-order valence-electron chi connectivity index (χ3n) is 5.35. The van der Waals surface area contributed by atoms with Crippen LogP contribution in [0.5, 0.6) is 0 Å².